The molecule has 0 aliphatic carbocycles. The Morgan fingerprint density at radius 2 is 1.94 bits per heavy atom. The number of para-hydroxylation sites is 1. The van der Waals surface area contributed by atoms with E-state index in [4.69, 9.17) is 9.68 Å². The fraction of sp³-hybridized carbons (Fsp3) is 0.286. The predicted molar refractivity (Wildman–Crippen MR) is 112 cm³/mol. The van der Waals surface area contributed by atoms with Crippen molar-refractivity contribution in [1.29, 1.82) is 5.26 Å². The van der Waals surface area contributed by atoms with Crippen LogP contribution in [0, 0.1) is 11.3 Å². The van der Waals surface area contributed by atoms with Crippen molar-refractivity contribution in [2.45, 2.75) is 37.6 Å². The number of nitrogens with zero attached hydrogens (tertiary/aromatic N) is 3. The zero-order valence-electron chi connectivity index (χ0n) is 17.1. The van der Waals surface area contributed by atoms with E-state index in [0.717, 1.165) is 9.87 Å². The number of benzene rings is 2. The first-order chi connectivity index (χ1) is 14.7. The number of hydrogen-bond acceptors (Lipinski definition) is 7. The standard InChI is InChI=1S/C21H22N4O5S/c1-14(2)16-8-6-15(7-9-16)10-11-25(13-19-23-24-21(27)30-19)31(28,29)18-5-3-4-17(12-22)20(18)26/h3-9,14,26H,10-11,13H2,1-2H3,(H,24,27). The maximum atomic E-state index is 13.3. The lowest BCUT2D eigenvalue weighted by atomic mass is 10.0. The van der Waals surface area contributed by atoms with Crippen LogP contribution in [0.3, 0.4) is 0 Å². The first-order valence-electron chi connectivity index (χ1n) is 9.58. The number of aromatic amines is 1. The lowest BCUT2D eigenvalue weighted by Crippen LogP contribution is -2.33. The van der Waals surface area contributed by atoms with Crippen molar-refractivity contribution in [1.82, 2.24) is 14.5 Å². The van der Waals surface area contributed by atoms with E-state index in [-0.39, 0.29) is 24.5 Å². The topological polar surface area (TPSA) is 140 Å². The van der Waals surface area contributed by atoms with Crippen LogP contribution in [0.2, 0.25) is 0 Å². The Kier molecular flexibility index (Phi) is 6.58. The van der Waals surface area contributed by atoms with Gasteiger partial charge in [-0.05, 0) is 35.6 Å². The molecule has 0 spiro atoms. The summed E-state index contributed by atoms with van der Waals surface area (Å²) in [6.45, 7) is 3.89. The van der Waals surface area contributed by atoms with Crippen LogP contribution in [0.25, 0.3) is 0 Å². The normalized spacial score (nSPS) is 11.7. The second-order valence-corrected chi connectivity index (χ2v) is 9.16. The average Bonchev–Trinajstić information content (AvgIpc) is 3.16. The number of rotatable bonds is 8. The zero-order chi connectivity index (χ0) is 22.6. The van der Waals surface area contributed by atoms with Crippen LogP contribution in [0.1, 0.15) is 42.3 Å². The number of sulfonamides is 1. The van der Waals surface area contributed by atoms with Crippen LogP contribution < -0.4 is 5.76 Å². The molecule has 31 heavy (non-hydrogen) atoms. The van der Waals surface area contributed by atoms with Gasteiger partial charge in [-0.15, -0.1) is 5.10 Å². The van der Waals surface area contributed by atoms with E-state index in [0.29, 0.717) is 12.3 Å². The van der Waals surface area contributed by atoms with Crippen LogP contribution in [-0.2, 0) is 23.0 Å². The van der Waals surface area contributed by atoms with Crippen molar-refractivity contribution in [2.24, 2.45) is 0 Å². The van der Waals surface area contributed by atoms with Crippen molar-refractivity contribution >= 4 is 10.0 Å². The molecule has 1 aromatic heterocycles. The molecule has 10 heteroatoms. The Balaban J connectivity index is 1.92. The van der Waals surface area contributed by atoms with Gasteiger partial charge >= 0.3 is 5.76 Å². The maximum Gasteiger partial charge on any atom is 0.434 e. The molecule has 3 aromatic rings. The summed E-state index contributed by atoms with van der Waals surface area (Å²) in [7, 11) is -4.23. The third-order valence-corrected chi connectivity index (χ3v) is 6.70. The second kappa shape index (κ2) is 9.16. The van der Waals surface area contributed by atoms with Crippen molar-refractivity contribution in [3.8, 4) is 11.8 Å². The minimum Gasteiger partial charge on any atom is -0.505 e. The lowest BCUT2D eigenvalue weighted by Gasteiger charge is -2.21. The summed E-state index contributed by atoms with van der Waals surface area (Å²) in [6, 6.07) is 13.5. The summed E-state index contributed by atoms with van der Waals surface area (Å²) in [5.74, 6) is -1.16. The number of phenols is 1. The smallest absolute Gasteiger partial charge is 0.434 e. The molecule has 0 aliphatic rings. The highest BCUT2D eigenvalue weighted by molar-refractivity contribution is 7.89. The molecule has 0 radical (unpaired) electrons. The molecule has 0 bridgehead atoms. The van der Waals surface area contributed by atoms with Crippen molar-refractivity contribution in [3.05, 3.63) is 75.6 Å². The largest absolute Gasteiger partial charge is 0.505 e. The summed E-state index contributed by atoms with van der Waals surface area (Å²) in [6.07, 6.45) is 0.380. The van der Waals surface area contributed by atoms with Crippen LogP contribution >= 0.6 is 0 Å². The number of hydrogen-bond donors (Lipinski definition) is 2. The van der Waals surface area contributed by atoms with Gasteiger partial charge in [0, 0.05) is 6.54 Å². The van der Waals surface area contributed by atoms with Gasteiger partial charge in [0.2, 0.25) is 15.9 Å². The Hall–Kier alpha value is -3.42. The van der Waals surface area contributed by atoms with Crippen molar-refractivity contribution in [2.75, 3.05) is 6.54 Å². The molecular formula is C21H22N4O5S. The van der Waals surface area contributed by atoms with E-state index >= 15 is 0 Å². The Labute approximate surface area is 179 Å². The molecular weight excluding hydrogens is 420 g/mol. The Morgan fingerprint density at radius 3 is 2.52 bits per heavy atom. The Bertz CT molecular complexity index is 1250. The summed E-state index contributed by atoms with van der Waals surface area (Å²) in [5, 5.41) is 25.2. The molecule has 0 amide bonds. The first-order valence-corrected chi connectivity index (χ1v) is 11.0. The number of phenolic OH excluding ortho intramolecular Hbond substituents is 1. The van der Waals surface area contributed by atoms with Gasteiger partial charge < -0.3 is 9.52 Å². The highest BCUT2D eigenvalue weighted by Gasteiger charge is 2.29. The summed E-state index contributed by atoms with van der Waals surface area (Å²) in [5.41, 5.74) is 1.93. The lowest BCUT2D eigenvalue weighted by molar-refractivity contribution is 0.348. The number of nitriles is 1. The summed E-state index contributed by atoms with van der Waals surface area (Å²) < 4.78 is 32.5. The molecule has 162 valence electrons. The quantitative estimate of drug-likeness (QED) is 0.546. The molecule has 0 atom stereocenters. The molecule has 0 aliphatic heterocycles. The summed E-state index contributed by atoms with van der Waals surface area (Å²) in [4.78, 5) is 10.9. The van der Waals surface area contributed by atoms with Gasteiger partial charge in [0.15, 0.2) is 5.75 Å². The molecule has 0 saturated carbocycles. The van der Waals surface area contributed by atoms with Crippen LogP contribution in [0.15, 0.2) is 56.6 Å². The maximum absolute atomic E-state index is 13.3. The van der Waals surface area contributed by atoms with E-state index in [9.17, 15) is 18.3 Å². The number of H-pyrrole nitrogens is 1. The van der Waals surface area contributed by atoms with Crippen molar-refractivity contribution in [3.63, 3.8) is 0 Å². The monoisotopic (exact) mass is 442 g/mol. The van der Waals surface area contributed by atoms with Gasteiger partial charge in [-0.1, -0.05) is 44.2 Å². The van der Waals surface area contributed by atoms with Crippen LogP contribution in [0.4, 0.5) is 0 Å². The van der Waals surface area contributed by atoms with E-state index in [1.54, 1.807) is 6.07 Å². The first kappa shape index (κ1) is 22.3. The average molecular weight is 442 g/mol. The third kappa shape index (κ3) is 5.02. The molecule has 2 N–H and O–H groups in total. The molecule has 3 rings (SSSR count). The predicted octanol–water partition coefficient (Wildman–Crippen LogP) is 2.50. The van der Waals surface area contributed by atoms with E-state index in [2.05, 4.69) is 24.0 Å². The molecule has 9 nitrogen and oxygen atoms in total. The fourth-order valence-electron chi connectivity index (χ4n) is 3.05. The van der Waals surface area contributed by atoms with Gasteiger partial charge in [0.1, 0.15) is 11.0 Å². The second-order valence-electron chi connectivity index (χ2n) is 7.26. The number of aromatic nitrogens is 2. The molecule has 2 aromatic carbocycles. The summed E-state index contributed by atoms with van der Waals surface area (Å²) >= 11 is 0. The highest BCUT2D eigenvalue weighted by Crippen LogP contribution is 2.29. The van der Waals surface area contributed by atoms with Gasteiger partial charge in [0.05, 0.1) is 12.1 Å². The Morgan fingerprint density at radius 1 is 1.23 bits per heavy atom. The van der Waals surface area contributed by atoms with Crippen molar-refractivity contribution < 1.29 is 17.9 Å². The minimum absolute atomic E-state index is 0.0378. The number of aromatic hydroxyl groups is 1. The van der Waals surface area contributed by atoms with Gasteiger partial charge in [0.25, 0.3) is 0 Å². The van der Waals surface area contributed by atoms with Crippen LogP contribution in [-0.4, -0.2) is 34.6 Å². The van der Waals surface area contributed by atoms with Gasteiger partial charge in [-0.3, -0.25) is 0 Å². The molecule has 0 saturated heterocycles. The SMILES string of the molecule is CC(C)c1ccc(CCN(Cc2n[nH]c(=O)o2)S(=O)(=O)c2cccc(C#N)c2O)cc1. The molecule has 0 fully saturated rings. The van der Waals surface area contributed by atoms with E-state index in [1.165, 1.54) is 23.8 Å². The third-order valence-electron chi connectivity index (χ3n) is 4.83. The highest BCUT2D eigenvalue weighted by atomic mass is 32.2. The van der Waals surface area contributed by atoms with Crippen LogP contribution in [0.5, 0.6) is 5.75 Å². The molecule has 0 unspecified atom stereocenters. The number of nitrogens with one attached hydrogen (secondary N) is 1. The fourth-order valence-corrected chi connectivity index (χ4v) is 4.54. The van der Waals surface area contributed by atoms with E-state index in [1.807, 2.05) is 24.3 Å². The minimum atomic E-state index is -4.23. The van der Waals surface area contributed by atoms with Gasteiger partial charge in [-0.2, -0.15) is 9.57 Å². The molecule has 1 heterocycles. The zero-order valence-corrected chi connectivity index (χ0v) is 17.9. The van der Waals surface area contributed by atoms with E-state index < -0.39 is 26.4 Å². The van der Waals surface area contributed by atoms with Gasteiger partial charge in [-0.25, -0.2) is 18.3 Å².